The van der Waals surface area contributed by atoms with E-state index in [2.05, 4.69) is 34.3 Å². The van der Waals surface area contributed by atoms with Crippen LogP contribution >= 0.6 is 0 Å². The third-order valence-electron chi connectivity index (χ3n) is 10.9. The van der Waals surface area contributed by atoms with Gasteiger partial charge in [0.05, 0.1) is 35.6 Å². The van der Waals surface area contributed by atoms with Crippen molar-refractivity contribution in [2.75, 3.05) is 31.8 Å². The van der Waals surface area contributed by atoms with Gasteiger partial charge in [-0.15, -0.1) is 0 Å². The molecular formula is C41H53N5O9S2. The number of sulfone groups is 1. The third-order valence-corrected chi connectivity index (χ3v) is 15.0. The number of hydrazine groups is 1. The lowest BCUT2D eigenvalue weighted by Crippen LogP contribution is -2.62. The minimum atomic E-state index is -4.26. The summed E-state index contributed by atoms with van der Waals surface area (Å²) in [6.07, 6.45) is 4.31. The first-order chi connectivity index (χ1) is 26.9. The lowest BCUT2D eigenvalue weighted by Gasteiger charge is -2.36. The number of nitrogens with zero attached hydrogens (tertiary/aromatic N) is 3. The summed E-state index contributed by atoms with van der Waals surface area (Å²) in [6, 6.07) is 8.65. The summed E-state index contributed by atoms with van der Waals surface area (Å²) in [6.45, 7) is 15.0. The van der Waals surface area contributed by atoms with Gasteiger partial charge in [0.2, 0.25) is 10.0 Å². The van der Waals surface area contributed by atoms with Crippen molar-refractivity contribution in [1.82, 2.24) is 19.7 Å². The van der Waals surface area contributed by atoms with E-state index in [0.29, 0.717) is 42.6 Å². The number of aromatic nitrogens is 1. The number of aliphatic imine (C=N–C) groups is 1. The molecule has 1 aromatic heterocycles. The molecule has 57 heavy (non-hydrogen) atoms. The number of nitrogens with one attached hydrogen (secondary N) is 2. The number of carbonyl (C=O) groups is 2. The molecule has 2 saturated heterocycles. The highest BCUT2D eigenvalue weighted by molar-refractivity contribution is 7.98. The Morgan fingerprint density at radius 2 is 1.93 bits per heavy atom. The molecule has 3 N–H and O–H groups in total. The van der Waals surface area contributed by atoms with Crippen LogP contribution in [0.15, 0.2) is 59.7 Å². The van der Waals surface area contributed by atoms with E-state index in [-0.39, 0.29) is 31.4 Å². The van der Waals surface area contributed by atoms with Crippen LogP contribution in [0, 0.1) is 5.41 Å². The number of methoxy groups -OCH3 is 1. The Balaban J connectivity index is 1.55. The van der Waals surface area contributed by atoms with E-state index in [0.717, 1.165) is 33.3 Å². The summed E-state index contributed by atoms with van der Waals surface area (Å²) in [5.41, 5.74) is 8.59. The summed E-state index contributed by atoms with van der Waals surface area (Å²) < 4.78 is 67.2. The number of aryl methyl sites for hydroxylation is 1. The number of esters is 1. The van der Waals surface area contributed by atoms with Gasteiger partial charge < -0.3 is 19.1 Å². The highest BCUT2D eigenvalue weighted by Gasteiger charge is 2.45. The first-order valence-electron chi connectivity index (χ1n) is 19.2. The quantitative estimate of drug-likeness (QED) is 0.160. The second-order valence-corrected chi connectivity index (χ2v) is 20.0. The van der Waals surface area contributed by atoms with Gasteiger partial charge in [-0.05, 0) is 93.0 Å². The van der Waals surface area contributed by atoms with E-state index >= 15 is 0 Å². The molecule has 3 aliphatic heterocycles. The molecule has 2 aromatic carbocycles. The fourth-order valence-electron chi connectivity index (χ4n) is 7.95. The van der Waals surface area contributed by atoms with Crippen LogP contribution in [-0.2, 0) is 58.3 Å². The van der Waals surface area contributed by atoms with E-state index < -0.39 is 66.0 Å². The van der Waals surface area contributed by atoms with Crippen molar-refractivity contribution >= 4 is 54.4 Å². The molecule has 0 unspecified atom stereocenters. The maximum Gasteiger partial charge on any atom is 0.324 e. The number of ether oxygens (including phenoxy) is 2. The third kappa shape index (κ3) is 8.89. The number of cyclic esters (lactones) is 1. The van der Waals surface area contributed by atoms with E-state index in [1.165, 1.54) is 11.1 Å². The average molecular weight is 824 g/mol. The number of hydrogen-bond donors (Lipinski definition) is 3. The Morgan fingerprint density at radius 3 is 2.58 bits per heavy atom. The Labute approximate surface area is 335 Å². The summed E-state index contributed by atoms with van der Waals surface area (Å²) in [5.74, 6) is -2.36. The number of carbonyl (C=O) groups excluding carboxylic acids is 2. The lowest BCUT2D eigenvalue weighted by atomic mass is 9.84. The first-order valence-corrected chi connectivity index (χ1v) is 22.6. The number of amides is 1. The van der Waals surface area contributed by atoms with Crippen molar-refractivity contribution in [1.29, 1.82) is 0 Å². The summed E-state index contributed by atoms with van der Waals surface area (Å²) in [4.78, 5) is 32.6. The van der Waals surface area contributed by atoms with Crippen LogP contribution in [0.25, 0.3) is 27.6 Å². The molecule has 6 bridgehead atoms. The Bertz CT molecular complexity index is 2350. The second-order valence-electron chi connectivity index (χ2n) is 15.8. The first kappa shape index (κ1) is 42.3. The normalized spacial score (nSPS) is 22.7. The van der Waals surface area contributed by atoms with Gasteiger partial charge in [0.25, 0.3) is 5.91 Å². The van der Waals surface area contributed by atoms with Crippen LogP contribution < -0.4 is 10.1 Å². The molecule has 6 rings (SSSR count). The van der Waals surface area contributed by atoms with Crippen molar-refractivity contribution in [2.45, 2.75) is 90.3 Å². The minimum absolute atomic E-state index is 0.0557. The highest BCUT2D eigenvalue weighted by atomic mass is 32.2. The van der Waals surface area contributed by atoms with Gasteiger partial charge in [-0.1, -0.05) is 38.6 Å². The van der Waals surface area contributed by atoms with Gasteiger partial charge >= 0.3 is 5.97 Å². The predicted octanol–water partition coefficient (Wildman–Crippen LogP) is 4.31. The van der Waals surface area contributed by atoms with E-state index in [1.54, 1.807) is 31.5 Å². The highest BCUT2D eigenvalue weighted by Crippen LogP contribution is 2.40. The van der Waals surface area contributed by atoms with Gasteiger partial charge in [0, 0.05) is 48.3 Å². The zero-order chi connectivity index (χ0) is 41.4. The maximum atomic E-state index is 14.2. The number of allylic oxidation sites excluding steroid dienone is 2. The van der Waals surface area contributed by atoms with Crippen LogP contribution in [0.1, 0.15) is 64.3 Å². The molecule has 3 aliphatic rings. The van der Waals surface area contributed by atoms with Crippen LogP contribution in [0.4, 0.5) is 0 Å². The predicted molar refractivity (Wildman–Crippen MR) is 221 cm³/mol. The molecule has 14 nitrogen and oxygen atoms in total. The summed E-state index contributed by atoms with van der Waals surface area (Å²) in [5, 5.41) is 12.0. The number of sulfonamides is 1. The molecule has 2 fully saturated rings. The van der Waals surface area contributed by atoms with Crippen LogP contribution in [0.5, 0.6) is 5.75 Å². The molecule has 0 aliphatic carbocycles. The zero-order valence-electron chi connectivity index (χ0n) is 33.4. The Kier molecular flexibility index (Phi) is 12.2. The number of benzene rings is 2. The van der Waals surface area contributed by atoms with Crippen LogP contribution in [0.3, 0.4) is 0 Å². The van der Waals surface area contributed by atoms with Crippen LogP contribution in [-0.4, -0.2) is 105 Å². The second kappa shape index (κ2) is 16.5. The van der Waals surface area contributed by atoms with Gasteiger partial charge in [-0.3, -0.25) is 19.6 Å². The minimum Gasteiger partial charge on any atom is -0.508 e. The molecule has 3 aromatic rings. The molecule has 16 heteroatoms. The molecular weight excluding hydrogens is 771 g/mol. The van der Waals surface area contributed by atoms with Crippen molar-refractivity contribution in [3.05, 3.63) is 71.6 Å². The fraction of sp³-hybridized carbons (Fsp3) is 0.488. The number of aromatic hydroxyl groups is 1. The molecule has 3 atom stereocenters. The van der Waals surface area contributed by atoms with E-state index in [9.17, 15) is 31.5 Å². The van der Waals surface area contributed by atoms with Gasteiger partial charge in [-0.25, -0.2) is 27.0 Å². The summed E-state index contributed by atoms with van der Waals surface area (Å²) in [7, 11) is -6.12. The van der Waals surface area contributed by atoms with Crippen molar-refractivity contribution < 1.29 is 41.0 Å². The molecule has 308 valence electrons. The van der Waals surface area contributed by atoms with Gasteiger partial charge in [0.1, 0.15) is 23.1 Å². The van der Waals surface area contributed by atoms with Crippen LogP contribution in [0.2, 0.25) is 0 Å². The molecule has 0 spiro atoms. The number of phenolic OH excluding ortho intramolecular Hbond substituents is 1. The molecule has 1 amide bonds. The van der Waals surface area contributed by atoms with E-state index in [4.69, 9.17) is 14.5 Å². The molecule has 0 saturated carbocycles. The summed E-state index contributed by atoms with van der Waals surface area (Å²) >= 11 is 0. The van der Waals surface area contributed by atoms with Crippen molar-refractivity contribution in [2.24, 2.45) is 10.4 Å². The van der Waals surface area contributed by atoms with Gasteiger partial charge in [0.15, 0.2) is 9.84 Å². The fourth-order valence-corrected chi connectivity index (χ4v) is 12.4. The molecule has 4 heterocycles. The zero-order valence-corrected chi connectivity index (χ0v) is 35.0. The number of rotatable bonds is 9. The standard InChI is InChI=1S/C41H53N5O9S2/c1-8-31(37(42-9-2)25(4)54-7)38-33-21-41(5,6)24-55-40(49)34-12-11-15-46(43-34)39(48)35(44-57(52,53)30-22-56(50,51)23-30)18-26-16-28(19-29(47)17-26)27-13-14-36(32(33)20-27)45(38)10-3/h8-9,13-14,16-17,19-20,25,30,34-35,43-44,47H,1,10-12,15,18,21-24H2,2-7H3/b37-31+,42-9-/t25-,34-,35-/m0/s1. The van der Waals surface area contributed by atoms with Crippen molar-refractivity contribution in [3.8, 4) is 16.9 Å². The van der Waals surface area contributed by atoms with E-state index in [1.807, 2.05) is 39.8 Å². The number of hydrogen-bond acceptors (Lipinski definition) is 11. The number of fused-ring (bicyclic) bond motifs is 6. The van der Waals surface area contributed by atoms with Gasteiger partial charge in [-0.2, -0.15) is 0 Å². The molecule has 0 radical (unpaired) electrons. The largest absolute Gasteiger partial charge is 0.508 e. The Morgan fingerprint density at radius 1 is 1.19 bits per heavy atom. The topological polar surface area (TPSA) is 186 Å². The Hall–Kier alpha value is -4.35. The number of phenols is 1. The average Bonchev–Trinajstić information content (AvgIpc) is 3.45. The van der Waals surface area contributed by atoms with Crippen molar-refractivity contribution in [3.63, 3.8) is 0 Å². The lowest BCUT2D eigenvalue weighted by molar-refractivity contribution is -0.155. The SMILES string of the molecule is C=C/C(=C(\N=C/C)[C@H](C)OC)c1c2c3cc(ccc3n1CC)-c1cc(O)cc(c1)C[C@H](NS(=O)(=O)C1CS(=O)(=O)C1)C(=O)N1CCC[C@H](N1)C(=O)OCC(C)(C)C2. The smallest absolute Gasteiger partial charge is 0.324 e. The maximum absolute atomic E-state index is 14.2. The monoisotopic (exact) mass is 823 g/mol.